The van der Waals surface area contributed by atoms with Gasteiger partial charge < -0.3 is 10.4 Å². The summed E-state index contributed by atoms with van der Waals surface area (Å²) in [5.41, 5.74) is 0.435. The fourth-order valence-electron chi connectivity index (χ4n) is 1.09. The summed E-state index contributed by atoms with van der Waals surface area (Å²) in [6.07, 6.45) is 0.628. The molecule has 14 heavy (non-hydrogen) atoms. The first-order valence-electron chi connectivity index (χ1n) is 4.49. The Morgan fingerprint density at radius 2 is 2.07 bits per heavy atom. The van der Waals surface area contributed by atoms with Gasteiger partial charge in [0.15, 0.2) is 0 Å². The first-order valence-corrected chi connectivity index (χ1v) is 4.49. The molecule has 0 atom stereocenters. The van der Waals surface area contributed by atoms with Gasteiger partial charge in [0.1, 0.15) is 11.6 Å². The lowest BCUT2D eigenvalue weighted by molar-refractivity contribution is 0.286. The molecular formula is C10H13F2NO. The van der Waals surface area contributed by atoms with Gasteiger partial charge in [0.2, 0.25) is 0 Å². The summed E-state index contributed by atoms with van der Waals surface area (Å²) in [5, 5.41) is 11.4. The Hall–Kier alpha value is -1.00. The predicted octanol–water partition coefficient (Wildman–Crippen LogP) is 1.44. The highest BCUT2D eigenvalue weighted by molar-refractivity contribution is 5.18. The Labute approximate surface area is 81.6 Å². The number of hydrogen-bond donors (Lipinski definition) is 2. The van der Waals surface area contributed by atoms with Gasteiger partial charge in [0.25, 0.3) is 0 Å². The standard InChI is InChI=1S/C10H13F2NO/c11-9-3-2-8(10(12)6-9)7-13-4-1-5-14/h2-3,6,13-14H,1,4-5,7H2. The van der Waals surface area contributed by atoms with Crippen molar-refractivity contribution in [3.8, 4) is 0 Å². The summed E-state index contributed by atoms with van der Waals surface area (Å²) in [6.45, 7) is 1.08. The summed E-state index contributed by atoms with van der Waals surface area (Å²) in [5.74, 6) is -1.11. The van der Waals surface area contributed by atoms with E-state index in [1.807, 2.05) is 0 Å². The molecule has 0 aliphatic carbocycles. The summed E-state index contributed by atoms with van der Waals surface area (Å²) in [6, 6.07) is 3.51. The summed E-state index contributed by atoms with van der Waals surface area (Å²) in [7, 11) is 0. The Morgan fingerprint density at radius 3 is 2.71 bits per heavy atom. The molecule has 1 aromatic carbocycles. The number of rotatable bonds is 5. The lowest BCUT2D eigenvalue weighted by Crippen LogP contribution is -2.16. The maximum Gasteiger partial charge on any atom is 0.130 e. The zero-order valence-corrected chi connectivity index (χ0v) is 7.76. The van der Waals surface area contributed by atoms with Crippen LogP contribution >= 0.6 is 0 Å². The van der Waals surface area contributed by atoms with E-state index in [9.17, 15) is 8.78 Å². The minimum atomic E-state index is -0.568. The third-order valence-electron chi connectivity index (χ3n) is 1.84. The van der Waals surface area contributed by atoms with Gasteiger partial charge in [-0.1, -0.05) is 6.07 Å². The van der Waals surface area contributed by atoms with Crippen LogP contribution in [0.25, 0.3) is 0 Å². The summed E-state index contributed by atoms with van der Waals surface area (Å²) < 4.78 is 25.5. The maximum atomic E-state index is 13.0. The van der Waals surface area contributed by atoms with Gasteiger partial charge in [-0.15, -0.1) is 0 Å². The molecule has 0 fully saturated rings. The van der Waals surface area contributed by atoms with Crippen molar-refractivity contribution < 1.29 is 13.9 Å². The van der Waals surface area contributed by atoms with Crippen molar-refractivity contribution in [2.75, 3.05) is 13.2 Å². The van der Waals surface area contributed by atoms with Crippen LogP contribution in [0.1, 0.15) is 12.0 Å². The van der Waals surface area contributed by atoms with Gasteiger partial charge in [0.05, 0.1) is 0 Å². The van der Waals surface area contributed by atoms with E-state index in [1.165, 1.54) is 12.1 Å². The first-order chi connectivity index (χ1) is 6.74. The Kier molecular flexibility index (Phi) is 4.49. The number of halogens is 2. The maximum absolute atomic E-state index is 13.0. The van der Waals surface area contributed by atoms with Gasteiger partial charge in [-0.05, 0) is 19.0 Å². The highest BCUT2D eigenvalue weighted by Gasteiger charge is 2.02. The quantitative estimate of drug-likeness (QED) is 0.706. The molecule has 0 unspecified atom stereocenters. The largest absolute Gasteiger partial charge is 0.396 e. The zero-order valence-electron chi connectivity index (χ0n) is 7.76. The molecule has 2 N–H and O–H groups in total. The molecule has 0 spiro atoms. The number of nitrogens with one attached hydrogen (secondary N) is 1. The SMILES string of the molecule is OCCCNCc1ccc(F)cc1F. The molecule has 0 radical (unpaired) electrons. The Balaban J connectivity index is 2.42. The number of hydrogen-bond acceptors (Lipinski definition) is 2. The van der Waals surface area contributed by atoms with Crippen molar-refractivity contribution in [2.24, 2.45) is 0 Å². The molecule has 0 saturated heterocycles. The Morgan fingerprint density at radius 1 is 1.29 bits per heavy atom. The molecule has 0 saturated carbocycles. The van der Waals surface area contributed by atoms with Crippen molar-refractivity contribution >= 4 is 0 Å². The molecule has 0 aliphatic rings. The van der Waals surface area contributed by atoms with Crippen LogP contribution in [0.2, 0.25) is 0 Å². The normalized spacial score (nSPS) is 10.5. The highest BCUT2D eigenvalue weighted by Crippen LogP contribution is 2.08. The minimum Gasteiger partial charge on any atom is -0.396 e. The van der Waals surface area contributed by atoms with E-state index in [-0.39, 0.29) is 6.61 Å². The van der Waals surface area contributed by atoms with Gasteiger partial charge in [0, 0.05) is 24.8 Å². The molecule has 4 heteroatoms. The van der Waals surface area contributed by atoms with Crippen molar-refractivity contribution in [1.29, 1.82) is 0 Å². The van der Waals surface area contributed by atoms with Gasteiger partial charge in [-0.25, -0.2) is 8.78 Å². The minimum absolute atomic E-state index is 0.110. The van der Waals surface area contributed by atoms with E-state index in [0.29, 0.717) is 25.1 Å². The van der Waals surface area contributed by atoms with E-state index in [2.05, 4.69) is 5.32 Å². The van der Waals surface area contributed by atoms with E-state index < -0.39 is 11.6 Å². The van der Waals surface area contributed by atoms with Gasteiger partial charge in [-0.3, -0.25) is 0 Å². The predicted molar refractivity (Wildman–Crippen MR) is 49.8 cm³/mol. The molecular weight excluding hydrogens is 188 g/mol. The lowest BCUT2D eigenvalue weighted by Gasteiger charge is -2.04. The summed E-state index contributed by atoms with van der Waals surface area (Å²) in [4.78, 5) is 0. The van der Waals surface area contributed by atoms with Crippen molar-refractivity contribution in [2.45, 2.75) is 13.0 Å². The molecule has 2 nitrogen and oxygen atoms in total. The zero-order chi connectivity index (χ0) is 10.4. The lowest BCUT2D eigenvalue weighted by atomic mass is 10.2. The molecule has 78 valence electrons. The van der Waals surface area contributed by atoms with Crippen LogP contribution in [-0.2, 0) is 6.54 Å². The van der Waals surface area contributed by atoms with Gasteiger partial charge in [-0.2, -0.15) is 0 Å². The number of aliphatic hydroxyl groups excluding tert-OH is 1. The van der Waals surface area contributed by atoms with Crippen molar-refractivity contribution in [3.63, 3.8) is 0 Å². The molecule has 0 bridgehead atoms. The Bertz CT molecular complexity index is 291. The van der Waals surface area contributed by atoms with Gasteiger partial charge >= 0.3 is 0 Å². The third kappa shape index (κ3) is 3.40. The first kappa shape index (κ1) is 11.1. The summed E-state index contributed by atoms with van der Waals surface area (Å²) >= 11 is 0. The van der Waals surface area contributed by atoms with Crippen LogP contribution in [-0.4, -0.2) is 18.3 Å². The van der Waals surface area contributed by atoms with Crippen LogP contribution in [0.3, 0.4) is 0 Å². The average molecular weight is 201 g/mol. The second-order valence-electron chi connectivity index (χ2n) is 2.99. The second kappa shape index (κ2) is 5.67. The third-order valence-corrected chi connectivity index (χ3v) is 1.84. The molecule has 1 rings (SSSR count). The average Bonchev–Trinajstić information content (AvgIpc) is 2.15. The smallest absolute Gasteiger partial charge is 0.130 e. The van der Waals surface area contributed by atoms with Crippen LogP contribution < -0.4 is 5.32 Å². The second-order valence-corrected chi connectivity index (χ2v) is 2.99. The molecule has 0 aliphatic heterocycles. The van der Waals surface area contributed by atoms with E-state index in [4.69, 9.17) is 5.11 Å². The van der Waals surface area contributed by atoms with Crippen LogP contribution in [0.5, 0.6) is 0 Å². The van der Waals surface area contributed by atoms with Crippen LogP contribution in [0, 0.1) is 11.6 Å². The van der Waals surface area contributed by atoms with E-state index in [1.54, 1.807) is 0 Å². The van der Waals surface area contributed by atoms with Crippen LogP contribution in [0.4, 0.5) is 8.78 Å². The van der Waals surface area contributed by atoms with Crippen molar-refractivity contribution in [3.05, 3.63) is 35.4 Å². The molecule has 1 aromatic rings. The fourth-order valence-corrected chi connectivity index (χ4v) is 1.09. The van der Waals surface area contributed by atoms with Crippen molar-refractivity contribution in [1.82, 2.24) is 5.32 Å². The molecule has 0 aromatic heterocycles. The molecule has 0 amide bonds. The van der Waals surface area contributed by atoms with E-state index in [0.717, 1.165) is 6.07 Å². The number of benzene rings is 1. The monoisotopic (exact) mass is 201 g/mol. The topological polar surface area (TPSA) is 32.3 Å². The van der Waals surface area contributed by atoms with Crippen LogP contribution in [0.15, 0.2) is 18.2 Å². The highest BCUT2D eigenvalue weighted by atomic mass is 19.1. The molecule has 0 heterocycles. The fraction of sp³-hybridized carbons (Fsp3) is 0.400. The van der Waals surface area contributed by atoms with E-state index >= 15 is 0 Å². The number of aliphatic hydroxyl groups is 1.